The van der Waals surface area contributed by atoms with Gasteiger partial charge in [0, 0.05) is 18.3 Å². The summed E-state index contributed by atoms with van der Waals surface area (Å²) < 4.78 is 0. The molecule has 0 spiro atoms. The van der Waals surface area contributed by atoms with Crippen LogP contribution in [-0.4, -0.2) is 16.8 Å². The summed E-state index contributed by atoms with van der Waals surface area (Å²) in [6.07, 6.45) is 2.70. The Kier molecular flexibility index (Phi) is 3.91. The normalized spacial score (nSPS) is 13.9. The van der Waals surface area contributed by atoms with E-state index in [0.717, 1.165) is 29.7 Å². The SMILES string of the molecule is Nc1cccc(CN(C(=O)Cc2ccccc2)C2CC2)c1. The Labute approximate surface area is 125 Å². The minimum Gasteiger partial charge on any atom is -0.399 e. The van der Waals surface area contributed by atoms with Crippen molar-refractivity contribution in [3.05, 3.63) is 65.7 Å². The predicted molar refractivity (Wildman–Crippen MR) is 84.6 cm³/mol. The molecule has 1 aliphatic rings. The van der Waals surface area contributed by atoms with Crippen LogP contribution >= 0.6 is 0 Å². The first-order valence-electron chi connectivity index (χ1n) is 7.40. The van der Waals surface area contributed by atoms with Gasteiger partial charge in [-0.15, -0.1) is 0 Å². The lowest BCUT2D eigenvalue weighted by atomic mass is 10.1. The summed E-state index contributed by atoms with van der Waals surface area (Å²) in [4.78, 5) is 14.6. The van der Waals surface area contributed by atoms with Crippen LogP contribution in [0.4, 0.5) is 5.69 Å². The molecule has 0 aromatic heterocycles. The first-order chi connectivity index (χ1) is 10.2. The highest BCUT2D eigenvalue weighted by Crippen LogP contribution is 2.29. The van der Waals surface area contributed by atoms with Crippen LogP contribution in [-0.2, 0) is 17.8 Å². The molecule has 0 bridgehead atoms. The van der Waals surface area contributed by atoms with Gasteiger partial charge < -0.3 is 10.6 Å². The number of carbonyl (C=O) groups is 1. The number of hydrogen-bond acceptors (Lipinski definition) is 2. The van der Waals surface area contributed by atoms with Crippen LogP contribution in [0.1, 0.15) is 24.0 Å². The molecule has 1 saturated carbocycles. The Hall–Kier alpha value is -2.29. The Bertz CT molecular complexity index is 620. The largest absolute Gasteiger partial charge is 0.399 e. The molecule has 2 aromatic carbocycles. The number of hydrogen-bond donors (Lipinski definition) is 1. The van der Waals surface area contributed by atoms with Crippen molar-refractivity contribution in [1.82, 2.24) is 4.90 Å². The van der Waals surface area contributed by atoms with E-state index in [1.807, 2.05) is 59.5 Å². The van der Waals surface area contributed by atoms with Crippen molar-refractivity contribution in [3.63, 3.8) is 0 Å². The van der Waals surface area contributed by atoms with Crippen molar-refractivity contribution in [1.29, 1.82) is 0 Å². The van der Waals surface area contributed by atoms with E-state index in [2.05, 4.69) is 0 Å². The maximum atomic E-state index is 12.6. The first kappa shape index (κ1) is 13.7. The van der Waals surface area contributed by atoms with Crippen LogP contribution in [0.3, 0.4) is 0 Å². The fourth-order valence-electron chi connectivity index (χ4n) is 2.57. The van der Waals surface area contributed by atoms with Gasteiger partial charge in [0.1, 0.15) is 0 Å². The highest BCUT2D eigenvalue weighted by atomic mass is 16.2. The smallest absolute Gasteiger partial charge is 0.227 e. The summed E-state index contributed by atoms with van der Waals surface area (Å²) in [6, 6.07) is 18.1. The zero-order valence-electron chi connectivity index (χ0n) is 12.0. The fraction of sp³-hybridized carbons (Fsp3) is 0.278. The Balaban J connectivity index is 1.71. The third kappa shape index (κ3) is 3.63. The highest BCUT2D eigenvalue weighted by Gasteiger charge is 2.32. The average Bonchev–Trinajstić information content (AvgIpc) is 3.30. The molecule has 108 valence electrons. The Morgan fingerprint density at radius 1 is 1.05 bits per heavy atom. The number of benzene rings is 2. The number of nitrogens with two attached hydrogens (primary N) is 1. The molecule has 3 rings (SSSR count). The van der Waals surface area contributed by atoms with Gasteiger partial charge >= 0.3 is 0 Å². The number of nitrogen functional groups attached to an aromatic ring is 1. The molecule has 0 radical (unpaired) electrons. The van der Waals surface area contributed by atoms with Crippen LogP contribution < -0.4 is 5.73 Å². The second-order valence-electron chi connectivity index (χ2n) is 5.66. The molecule has 0 aliphatic heterocycles. The third-order valence-corrected chi connectivity index (χ3v) is 3.81. The molecule has 2 N–H and O–H groups in total. The molecule has 0 unspecified atom stereocenters. The predicted octanol–water partition coefficient (Wildman–Crippen LogP) is 3.00. The molecule has 1 aliphatic carbocycles. The van der Waals surface area contributed by atoms with Gasteiger partial charge in [0.25, 0.3) is 0 Å². The number of anilines is 1. The van der Waals surface area contributed by atoms with Gasteiger partial charge in [-0.1, -0.05) is 42.5 Å². The van der Waals surface area contributed by atoms with Crippen LogP contribution in [0.5, 0.6) is 0 Å². The van der Waals surface area contributed by atoms with Crippen molar-refractivity contribution in [2.75, 3.05) is 5.73 Å². The second-order valence-corrected chi connectivity index (χ2v) is 5.66. The van der Waals surface area contributed by atoms with E-state index in [9.17, 15) is 4.79 Å². The lowest BCUT2D eigenvalue weighted by Crippen LogP contribution is -2.33. The third-order valence-electron chi connectivity index (χ3n) is 3.81. The van der Waals surface area contributed by atoms with Gasteiger partial charge in [-0.3, -0.25) is 4.79 Å². The van der Waals surface area contributed by atoms with Gasteiger partial charge in [-0.2, -0.15) is 0 Å². The van der Waals surface area contributed by atoms with Gasteiger partial charge in [0.05, 0.1) is 6.42 Å². The van der Waals surface area contributed by atoms with Crippen LogP contribution in [0, 0.1) is 0 Å². The van der Waals surface area contributed by atoms with E-state index < -0.39 is 0 Å². The molecule has 0 heterocycles. The van der Waals surface area contributed by atoms with E-state index in [4.69, 9.17) is 5.73 Å². The summed E-state index contributed by atoms with van der Waals surface area (Å²) in [5.74, 6) is 0.200. The fourth-order valence-corrected chi connectivity index (χ4v) is 2.57. The van der Waals surface area contributed by atoms with Gasteiger partial charge in [-0.05, 0) is 36.1 Å². The lowest BCUT2D eigenvalue weighted by molar-refractivity contribution is -0.131. The van der Waals surface area contributed by atoms with E-state index in [-0.39, 0.29) is 5.91 Å². The summed E-state index contributed by atoms with van der Waals surface area (Å²) in [5.41, 5.74) is 8.74. The van der Waals surface area contributed by atoms with Crippen LogP contribution in [0.25, 0.3) is 0 Å². The van der Waals surface area contributed by atoms with Crippen molar-refractivity contribution in [2.45, 2.75) is 31.8 Å². The zero-order valence-corrected chi connectivity index (χ0v) is 12.0. The molecule has 1 amide bonds. The lowest BCUT2D eigenvalue weighted by Gasteiger charge is -2.23. The van der Waals surface area contributed by atoms with Gasteiger partial charge in [0.15, 0.2) is 0 Å². The minimum atomic E-state index is 0.200. The van der Waals surface area contributed by atoms with Crippen molar-refractivity contribution in [2.24, 2.45) is 0 Å². The molecular formula is C18H20N2O. The maximum Gasteiger partial charge on any atom is 0.227 e. The first-order valence-corrected chi connectivity index (χ1v) is 7.40. The van der Waals surface area contributed by atoms with Crippen molar-refractivity contribution >= 4 is 11.6 Å². The van der Waals surface area contributed by atoms with Gasteiger partial charge in [-0.25, -0.2) is 0 Å². The molecule has 0 saturated heterocycles. The average molecular weight is 280 g/mol. The quantitative estimate of drug-likeness (QED) is 0.856. The molecule has 1 fully saturated rings. The molecule has 2 aromatic rings. The topological polar surface area (TPSA) is 46.3 Å². The number of carbonyl (C=O) groups excluding carboxylic acids is 1. The van der Waals surface area contributed by atoms with E-state index in [1.54, 1.807) is 0 Å². The molecule has 21 heavy (non-hydrogen) atoms. The van der Waals surface area contributed by atoms with Crippen LogP contribution in [0.2, 0.25) is 0 Å². The molecule has 0 atom stereocenters. The summed E-state index contributed by atoms with van der Waals surface area (Å²) in [7, 11) is 0. The molecular weight excluding hydrogens is 260 g/mol. The van der Waals surface area contributed by atoms with Crippen molar-refractivity contribution < 1.29 is 4.79 Å². The van der Waals surface area contributed by atoms with E-state index in [0.29, 0.717) is 19.0 Å². The summed E-state index contributed by atoms with van der Waals surface area (Å²) >= 11 is 0. The maximum absolute atomic E-state index is 12.6. The van der Waals surface area contributed by atoms with Crippen LogP contribution in [0.15, 0.2) is 54.6 Å². The Morgan fingerprint density at radius 3 is 2.43 bits per heavy atom. The second kappa shape index (κ2) is 6.00. The standard InChI is InChI=1S/C18H20N2O/c19-16-8-4-7-15(11-16)13-20(17-9-10-17)18(21)12-14-5-2-1-3-6-14/h1-8,11,17H,9-10,12-13,19H2. The minimum absolute atomic E-state index is 0.200. The van der Waals surface area contributed by atoms with E-state index >= 15 is 0 Å². The summed E-state index contributed by atoms with van der Waals surface area (Å²) in [6.45, 7) is 0.654. The number of amides is 1. The van der Waals surface area contributed by atoms with E-state index in [1.165, 1.54) is 0 Å². The Morgan fingerprint density at radius 2 is 1.76 bits per heavy atom. The number of rotatable bonds is 5. The monoisotopic (exact) mass is 280 g/mol. The van der Waals surface area contributed by atoms with Gasteiger partial charge in [0.2, 0.25) is 5.91 Å². The zero-order chi connectivity index (χ0) is 14.7. The van der Waals surface area contributed by atoms with Crippen molar-refractivity contribution in [3.8, 4) is 0 Å². The summed E-state index contributed by atoms with van der Waals surface area (Å²) in [5, 5.41) is 0. The highest BCUT2D eigenvalue weighted by molar-refractivity contribution is 5.79. The molecule has 3 heteroatoms. The number of nitrogens with zero attached hydrogens (tertiary/aromatic N) is 1. The molecule has 3 nitrogen and oxygen atoms in total.